The normalized spacial score (nSPS) is 18.4. The Balaban J connectivity index is 1.40. The number of benzene rings is 1. The van der Waals surface area contributed by atoms with E-state index in [1.165, 1.54) is 22.9 Å². The number of pyridine rings is 1. The lowest BCUT2D eigenvalue weighted by Crippen LogP contribution is -2.39. The Labute approximate surface area is 155 Å². The molecule has 0 spiro atoms. The number of aromatic nitrogens is 2. The zero-order chi connectivity index (χ0) is 17.8. The minimum Gasteiger partial charge on any atom is -0.371 e. The third-order valence-corrected chi connectivity index (χ3v) is 5.29. The van der Waals surface area contributed by atoms with Crippen LogP contribution in [0.25, 0.3) is 10.9 Å². The molecule has 4 heteroatoms. The molecule has 0 saturated carbocycles. The summed E-state index contributed by atoms with van der Waals surface area (Å²) in [4.78, 5) is 6.89. The first-order valence-electron chi connectivity index (χ1n) is 9.64. The van der Waals surface area contributed by atoms with Crippen molar-refractivity contribution < 1.29 is 4.74 Å². The Morgan fingerprint density at radius 3 is 2.96 bits per heavy atom. The van der Waals surface area contributed by atoms with Gasteiger partial charge in [-0.15, -0.1) is 0 Å². The van der Waals surface area contributed by atoms with E-state index in [0.29, 0.717) is 12.7 Å². The lowest BCUT2D eigenvalue weighted by atomic mass is 10.1. The number of ether oxygens (including phenoxy) is 1. The lowest BCUT2D eigenvalue weighted by molar-refractivity contribution is -0.0131. The van der Waals surface area contributed by atoms with Gasteiger partial charge in [0.05, 0.1) is 18.4 Å². The summed E-state index contributed by atoms with van der Waals surface area (Å²) in [5, 5.41) is 1.38. The molecule has 0 bridgehead atoms. The molecule has 1 aliphatic rings. The summed E-state index contributed by atoms with van der Waals surface area (Å²) in [6.07, 6.45) is 6.65. The standard InChI is InChI=1S/C22H27N3O/c1-2-25-14-11-21-18(7-5-10-22(21)25)15-24-13-6-9-20(16-24)26-17-19-8-3-4-12-23-19/h3-5,7-8,10-12,14,20H,2,6,9,13,15-17H2,1H3. The number of hydrogen-bond acceptors (Lipinski definition) is 3. The third kappa shape index (κ3) is 3.81. The maximum atomic E-state index is 6.14. The van der Waals surface area contributed by atoms with Crippen LogP contribution in [0, 0.1) is 0 Å². The van der Waals surface area contributed by atoms with Crippen LogP contribution in [0.4, 0.5) is 0 Å². The van der Waals surface area contributed by atoms with Gasteiger partial charge >= 0.3 is 0 Å². The van der Waals surface area contributed by atoms with Crippen molar-refractivity contribution in [2.45, 2.75) is 45.6 Å². The van der Waals surface area contributed by atoms with Gasteiger partial charge in [0.25, 0.3) is 0 Å². The molecule has 1 aliphatic heterocycles. The van der Waals surface area contributed by atoms with Crippen LogP contribution in [-0.2, 0) is 24.4 Å². The van der Waals surface area contributed by atoms with E-state index in [4.69, 9.17) is 4.74 Å². The molecule has 1 fully saturated rings. The Morgan fingerprint density at radius 1 is 1.15 bits per heavy atom. The molecular weight excluding hydrogens is 322 g/mol. The molecule has 0 radical (unpaired) electrons. The van der Waals surface area contributed by atoms with Crippen molar-refractivity contribution in [3.05, 3.63) is 66.1 Å². The minimum absolute atomic E-state index is 0.296. The van der Waals surface area contributed by atoms with Gasteiger partial charge in [0.1, 0.15) is 0 Å². The largest absolute Gasteiger partial charge is 0.371 e. The van der Waals surface area contributed by atoms with Gasteiger partial charge in [-0.1, -0.05) is 18.2 Å². The first kappa shape index (κ1) is 17.3. The van der Waals surface area contributed by atoms with Crippen LogP contribution in [0.15, 0.2) is 54.9 Å². The van der Waals surface area contributed by atoms with E-state index in [-0.39, 0.29) is 0 Å². The minimum atomic E-state index is 0.296. The fourth-order valence-electron chi connectivity index (χ4n) is 3.92. The molecule has 2 aromatic heterocycles. The number of aryl methyl sites for hydroxylation is 1. The summed E-state index contributed by atoms with van der Waals surface area (Å²) in [7, 11) is 0. The molecule has 3 aromatic rings. The van der Waals surface area contributed by atoms with Crippen LogP contribution in [-0.4, -0.2) is 33.6 Å². The van der Waals surface area contributed by atoms with Gasteiger partial charge in [-0.3, -0.25) is 9.88 Å². The number of likely N-dealkylation sites (tertiary alicyclic amines) is 1. The molecular formula is C22H27N3O. The maximum absolute atomic E-state index is 6.14. The van der Waals surface area contributed by atoms with Crippen LogP contribution in [0.1, 0.15) is 31.0 Å². The van der Waals surface area contributed by atoms with E-state index in [2.05, 4.69) is 51.8 Å². The van der Waals surface area contributed by atoms with Crippen LogP contribution in [0.3, 0.4) is 0 Å². The van der Waals surface area contributed by atoms with E-state index in [0.717, 1.165) is 38.3 Å². The first-order chi connectivity index (χ1) is 12.8. The topological polar surface area (TPSA) is 30.3 Å². The molecule has 0 N–H and O–H groups in total. The van der Waals surface area contributed by atoms with E-state index >= 15 is 0 Å². The fourth-order valence-corrected chi connectivity index (χ4v) is 3.92. The van der Waals surface area contributed by atoms with E-state index in [1.54, 1.807) is 0 Å². The second kappa shape index (κ2) is 8.02. The van der Waals surface area contributed by atoms with Gasteiger partial charge in [-0.2, -0.15) is 0 Å². The van der Waals surface area contributed by atoms with Gasteiger partial charge in [-0.25, -0.2) is 0 Å². The number of hydrogen-bond donors (Lipinski definition) is 0. The monoisotopic (exact) mass is 349 g/mol. The van der Waals surface area contributed by atoms with Crippen molar-refractivity contribution in [3.8, 4) is 0 Å². The molecule has 1 atom stereocenters. The Kier molecular flexibility index (Phi) is 5.32. The molecule has 1 saturated heterocycles. The van der Waals surface area contributed by atoms with Gasteiger partial charge in [0, 0.05) is 42.9 Å². The van der Waals surface area contributed by atoms with Crippen LogP contribution >= 0.6 is 0 Å². The molecule has 4 rings (SSSR count). The van der Waals surface area contributed by atoms with Crippen molar-refractivity contribution in [1.82, 2.24) is 14.5 Å². The van der Waals surface area contributed by atoms with Crippen molar-refractivity contribution in [2.24, 2.45) is 0 Å². The predicted octanol–water partition coefficient (Wildman–Crippen LogP) is 4.24. The van der Waals surface area contributed by atoms with Crippen molar-refractivity contribution in [2.75, 3.05) is 13.1 Å². The fraction of sp³-hybridized carbons (Fsp3) is 0.409. The van der Waals surface area contributed by atoms with Crippen molar-refractivity contribution >= 4 is 10.9 Å². The molecule has 0 amide bonds. The third-order valence-electron chi connectivity index (χ3n) is 5.29. The average molecular weight is 349 g/mol. The molecule has 136 valence electrons. The molecule has 0 aliphatic carbocycles. The van der Waals surface area contributed by atoms with Crippen LogP contribution < -0.4 is 0 Å². The predicted molar refractivity (Wildman–Crippen MR) is 105 cm³/mol. The summed E-state index contributed by atoms with van der Waals surface area (Å²) in [5.74, 6) is 0. The van der Waals surface area contributed by atoms with E-state index < -0.39 is 0 Å². The number of fused-ring (bicyclic) bond motifs is 1. The highest BCUT2D eigenvalue weighted by Gasteiger charge is 2.21. The Bertz CT molecular complexity index is 843. The van der Waals surface area contributed by atoms with Gasteiger partial charge in [-0.05, 0) is 56.1 Å². The zero-order valence-electron chi connectivity index (χ0n) is 15.5. The zero-order valence-corrected chi connectivity index (χ0v) is 15.5. The number of piperidine rings is 1. The second-order valence-corrected chi connectivity index (χ2v) is 7.08. The quantitative estimate of drug-likeness (QED) is 0.667. The smallest absolute Gasteiger partial charge is 0.0892 e. The van der Waals surface area contributed by atoms with Crippen LogP contribution in [0.2, 0.25) is 0 Å². The van der Waals surface area contributed by atoms with Gasteiger partial charge < -0.3 is 9.30 Å². The Hall–Kier alpha value is -2.17. The highest BCUT2D eigenvalue weighted by Crippen LogP contribution is 2.24. The van der Waals surface area contributed by atoms with Crippen molar-refractivity contribution in [1.29, 1.82) is 0 Å². The lowest BCUT2D eigenvalue weighted by Gasteiger charge is -2.32. The van der Waals surface area contributed by atoms with Gasteiger partial charge in [0.15, 0.2) is 0 Å². The van der Waals surface area contributed by atoms with Crippen LogP contribution in [0.5, 0.6) is 0 Å². The SMILES string of the molecule is CCn1ccc2c(CN3CCCC(OCc4ccccn4)C3)cccc21. The highest BCUT2D eigenvalue weighted by molar-refractivity contribution is 5.83. The summed E-state index contributed by atoms with van der Waals surface area (Å²) >= 11 is 0. The molecule has 1 aromatic carbocycles. The molecule has 4 nitrogen and oxygen atoms in total. The number of nitrogens with zero attached hydrogens (tertiary/aromatic N) is 3. The van der Waals surface area contributed by atoms with Crippen molar-refractivity contribution in [3.63, 3.8) is 0 Å². The summed E-state index contributed by atoms with van der Waals surface area (Å²) < 4.78 is 8.45. The van der Waals surface area contributed by atoms with Gasteiger partial charge in [0.2, 0.25) is 0 Å². The molecule has 1 unspecified atom stereocenters. The highest BCUT2D eigenvalue weighted by atomic mass is 16.5. The summed E-state index contributed by atoms with van der Waals surface area (Å²) in [6.45, 7) is 6.95. The Morgan fingerprint density at radius 2 is 2.12 bits per heavy atom. The first-order valence-corrected chi connectivity index (χ1v) is 9.64. The van der Waals surface area contributed by atoms with E-state index in [9.17, 15) is 0 Å². The van der Waals surface area contributed by atoms with E-state index in [1.807, 2.05) is 24.4 Å². The summed E-state index contributed by atoms with van der Waals surface area (Å²) in [5.41, 5.74) is 3.76. The number of rotatable bonds is 6. The molecule has 3 heterocycles. The summed E-state index contributed by atoms with van der Waals surface area (Å²) in [6, 6.07) is 14.9. The second-order valence-electron chi connectivity index (χ2n) is 7.08. The molecule has 26 heavy (non-hydrogen) atoms. The average Bonchev–Trinajstić information content (AvgIpc) is 3.12. The maximum Gasteiger partial charge on any atom is 0.0892 e.